The summed E-state index contributed by atoms with van der Waals surface area (Å²) in [5, 5.41) is 9.19. The Labute approximate surface area is 121 Å². The molecule has 2 heterocycles. The zero-order chi connectivity index (χ0) is 14.4. The summed E-state index contributed by atoms with van der Waals surface area (Å²) < 4.78 is 11.2. The molecule has 0 bridgehead atoms. The lowest BCUT2D eigenvalue weighted by Gasteiger charge is -2.32. The van der Waals surface area contributed by atoms with E-state index in [1.807, 2.05) is 19.1 Å². The van der Waals surface area contributed by atoms with Crippen molar-refractivity contribution in [1.29, 1.82) is 0 Å². The van der Waals surface area contributed by atoms with E-state index in [0.29, 0.717) is 12.6 Å². The van der Waals surface area contributed by atoms with Crippen LogP contribution in [0, 0.1) is 6.92 Å². The standard InChI is InChI=1S/C15H26N2O3/c1-13-3-4-15(20-13)12-16(7-9-18)5-6-17-8-10-19-14(2)11-17/h3-4,14,18H,5-12H2,1-2H3/t14-/m1/s1. The van der Waals surface area contributed by atoms with E-state index >= 15 is 0 Å². The molecule has 0 aliphatic carbocycles. The van der Waals surface area contributed by atoms with Crippen molar-refractivity contribution in [3.63, 3.8) is 0 Å². The molecule has 0 radical (unpaired) electrons. The number of morpholine rings is 1. The van der Waals surface area contributed by atoms with Crippen LogP contribution in [-0.4, -0.2) is 66.9 Å². The first-order valence-electron chi connectivity index (χ1n) is 7.40. The number of hydrogen-bond donors (Lipinski definition) is 1. The Morgan fingerprint density at radius 2 is 2.25 bits per heavy atom. The molecule has 1 aliphatic heterocycles. The maximum atomic E-state index is 9.19. The van der Waals surface area contributed by atoms with Gasteiger partial charge in [0, 0.05) is 32.7 Å². The molecule has 5 nitrogen and oxygen atoms in total. The molecule has 1 aromatic heterocycles. The second-order valence-electron chi connectivity index (χ2n) is 5.49. The Morgan fingerprint density at radius 1 is 1.40 bits per heavy atom. The van der Waals surface area contributed by atoms with Gasteiger partial charge in [-0.15, -0.1) is 0 Å². The Balaban J connectivity index is 1.79. The van der Waals surface area contributed by atoms with Gasteiger partial charge < -0.3 is 14.3 Å². The number of aliphatic hydroxyl groups is 1. The Bertz CT molecular complexity index is 394. The molecule has 0 spiro atoms. The number of hydrogen-bond acceptors (Lipinski definition) is 5. The van der Waals surface area contributed by atoms with Crippen molar-refractivity contribution in [2.45, 2.75) is 26.5 Å². The third-order valence-corrected chi connectivity index (χ3v) is 3.65. The lowest BCUT2D eigenvalue weighted by molar-refractivity contribution is -0.0213. The van der Waals surface area contributed by atoms with E-state index in [1.165, 1.54) is 0 Å². The summed E-state index contributed by atoms with van der Waals surface area (Å²) in [6, 6.07) is 3.99. The maximum Gasteiger partial charge on any atom is 0.118 e. The van der Waals surface area contributed by atoms with Crippen molar-refractivity contribution in [1.82, 2.24) is 9.80 Å². The molecule has 0 aromatic carbocycles. The van der Waals surface area contributed by atoms with Crippen molar-refractivity contribution in [3.05, 3.63) is 23.7 Å². The molecule has 1 atom stereocenters. The Hall–Kier alpha value is -0.880. The number of aryl methyl sites for hydroxylation is 1. The van der Waals surface area contributed by atoms with Gasteiger partial charge in [0.25, 0.3) is 0 Å². The van der Waals surface area contributed by atoms with Crippen LogP contribution in [0.15, 0.2) is 16.5 Å². The molecule has 1 aliphatic rings. The molecule has 1 N–H and O–H groups in total. The molecule has 2 rings (SSSR count). The van der Waals surface area contributed by atoms with Gasteiger partial charge in [0.15, 0.2) is 0 Å². The fraction of sp³-hybridized carbons (Fsp3) is 0.733. The summed E-state index contributed by atoms with van der Waals surface area (Å²) in [5.41, 5.74) is 0. The second-order valence-corrected chi connectivity index (χ2v) is 5.49. The van der Waals surface area contributed by atoms with E-state index in [-0.39, 0.29) is 6.61 Å². The van der Waals surface area contributed by atoms with Crippen LogP contribution >= 0.6 is 0 Å². The van der Waals surface area contributed by atoms with Crippen LogP contribution in [0.25, 0.3) is 0 Å². The highest BCUT2D eigenvalue weighted by Gasteiger charge is 2.17. The highest BCUT2D eigenvalue weighted by atomic mass is 16.5. The largest absolute Gasteiger partial charge is 0.465 e. The zero-order valence-electron chi connectivity index (χ0n) is 12.5. The molecule has 1 aromatic rings. The van der Waals surface area contributed by atoms with E-state index in [0.717, 1.165) is 50.9 Å². The van der Waals surface area contributed by atoms with Gasteiger partial charge in [-0.05, 0) is 26.0 Å². The minimum absolute atomic E-state index is 0.180. The van der Waals surface area contributed by atoms with Crippen LogP contribution in [0.3, 0.4) is 0 Å². The Morgan fingerprint density at radius 3 is 2.90 bits per heavy atom. The van der Waals surface area contributed by atoms with Gasteiger partial charge in [0.05, 0.1) is 25.9 Å². The summed E-state index contributed by atoms with van der Waals surface area (Å²) in [7, 11) is 0. The quantitative estimate of drug-likeness (QED) is 0.811. The molecular weight excluding hydrogens is 256 g/mol. The van der Waals surface area contributed by atoms with Crippen LogP contribution in [0.2, 0.25) is 0 Å². The van der Waals surface area contributed by atoms with E-state index in [1.54, 1.807) is 0 Å². The Kier molecular flexibility index (Phi) is 6.04. The van der Waals surface area contributed by atoms with Gasteiger partial charge in [-0.2, -0.15) is 0 Å². The topological polar surface area (TPSA) is 49.1 Å². The predicted molar refractivity (Wildman–Crippen MR) is 77.7 cm³/mol. The van der Waals surface area contributed by atoms with E-state index in [4.69, 9.17) is 9.15 Å². The third-order valence-electron chi connectivity index (χ3n) is 3.65. The van der Waals surface area contributed by atoms with Crippen LogP contribution in [0.4, 0.5) is 0 Å². The molecule has 20 heavy (non-hydrogen) atoms. The highest BCUT2D eigenvalue weighted by Crippen LogP contribution is 2.10. The van der Waals surface area contributed by atoms with Crippen molar-refractivity contribution >= 4 is 0 Å². The SMILES string of the molecule is Cc1ccc(CN(CCO)CCN2CCO[C@H](C)C2)o1. The van der Waals surface area contributed by atoms with Crippen molar-refractivity contribution in [2.24, 2.45) is 0 Å². The number of rotatable bonds is 7. The number of aliphatic hydroxyl groups excluding tert-OH is 1. The van der Waals surface area contributed by atoms with Gasteiger partial charge in [0.1, 0.15) is 11.5 Å². The second kappa shape index (κ2) is 7.78. The molecule has 1 saturated heterocycles. The fourth-order valence-electron chi connectivity index (χ4n) is 2.58. The molecule has 5 heteroatoms. The highest BCUT2D eigenvalue weighted by molar-refractivity contribution is 5.05. The minimum Gasteiger partial charge on any atom is -0.465 e. The third kappa shape index (κ3) is 4.90. The summed E-state index contributed by atoms with van der Waals surface area (Å²) >= 11 is 0. The first-order chi connectivity index (χ1) is 9.67. The average Bonchev–Trinajstić information content (AvgIpc) is 2.82. The summed E-state index contributed by atoms with van der Waals surface area (Å²) in [5.74, 6) is 1.90. The number of ether oxygens (including phenoxy) is 1. The van der Waals surface area contributed by atoms with Crippen molar-refractivity contribution in [3.8, 4) is 0 Å². The maximum absolute atomic E-state index is 9.19. The van der Waals surface area contributed by atoms with Gasteiger partial charge in [-0.25, -0.2) is 0 Å². The van der Waals surface area contributed by atoms with Crippen molar-refractivity contribution < 1.29 is 14.3 Å². The molecule has 1 fully saturated rings. The predicted octanol–water partition coefficient (Wildman–Crippen LogP) is 1.10. The van der Waals surface area contributed by atoms with Gasteiger partial charge in [0.2, 0.25) is 0 Å². The fourth-order valence-corrected chi connectivity index (χ4v) is 2.58. The number of nitrogens with zero attached hydrogens (tertiary/aromatic N) is 2. The van der Waals surface area contributed by atoms with E-state index < -0.39 is 0 Å². The molecule has 0 amide bonds. The molecule has 0 unspecified atom stereocenters. The summed E-state index contributed by atoms with van der Waals surface area (Å²) in [6.45, 7) is 10.4. The van der Waals surface area contributed by atoms with Crippen LogP contribution in [0.5, 0.6) is 0 Å². The van der Waals surface area contributed by atoms with Gasteiger partial charge in [-0.3, -0.25) is 9.80 Å². The average molecular weight is 282 g/mol. The van der Waals surface area contributed by atoms with Crippen LogP contribution in [-0.2, 0) is 11.3 Å². The van der Waals surface area contributed by atoms with E-state index in [9.17, 15) is 5.11 Å². The normalized spacial score (nSPS) is 20.7. The van der Waals surface area contributed by atoms with Crippen LogP contribution in [0.1, 0.15) is 18.4 Å². The molecule has 114 valence electrons. The van der Waals surface area contributed by atoms with E-state index in [2.05, 4.69) is 16.7 Å². The first-order valence-corrected chi connectivity index (χ1v) is 7.40. The smallest absolute Gasteiger partial charge is 0.118 e. The minimum atomic E-state index is 0.180. The van der Waals surface area contributed by atoms with Gasteiger partial charge >= 0.3 is 0 Å². The molecular formula is C15H26N2O3. The first kappa shape index (κ1) is 15.5. The van der Waals surface area contributed by atoms with Crippen LogP contribution < -0.4 is 0 Å². The monoisotopic (exact) mass is 282 g/mol. The summed E-state index contributed by atoms with van der Waals surface area (Å²) in [6.07, 6.45) is 0.322. The molecule has 0 saturated carbocycles. The zero-order valence-corrected chi connectivity index (χ0v) is 12.5. The summed E-state index contributed by atoms with van der Waals surface area (Å²) in [4.78, 5) is 4.66. The lowest BCUT2D eigenvalue weighted by Crippen LogP contribution is -2.44. The van der Waals surface area contributed by atoms with Crippen molar-refractivity contribution in [2.75, 3.05) is 45.9 Å². The van der Waals surface area contributed by atoms with Gasteiger partial charge in [-0.1, -0.05) is 0 Å². The lowest BCUT2D eigenvalue weighted by atomic mass is 10.3. The number of furan rings is 1.